The van der Waals surface area contributed by atoms with E-state index < -0.39 is 11.6 Å². The van der Waals surface area contributed by atoms with Crippen molar-refractivity contribution in [1.29, 1.82) is 0 Å². The lowest BCUT2D eigenvalue weighted by molar-refractivity contribution is 0.0753. The lowest BCUT2D eigenvalue weighted by Crippen LogP contribution is -2.34. The summed E-state index contributed by atoms with van der Waals surface area (Å²) in [5.41, 5.74) is 1.57. The van der Waals surface area contributed by atoms with Gasteiger partial charge in [-0.3, -0.25) is 0 Å². The first-order valence-corrected chi connectivity index (χ1v) is 10.1. The molecule has 0 radical (unpaired) electrons. The van der Waals surface area contributed by atoms with Gasteiger partial charge in [-0.25, -0.2) is 4.39 Å². The number of hydrogen-bond acceptors (Lipinski definition) is 1. The zero-order valence-electron chi connectivity index (χ0n) is 15.5. The quantitative estimate of drug-likeness (QED) is 0.643. The van der Waals surface area contributed by atoms with Crippen LogP contribution in [0.15, 0.2) is 6.07 Å². The molecule has 2 fully saturated rings. The van der Waals surface area contributed by atoms with Crippen LogP contribution in [0.5, 0.6) is 5.75 Å². The van der Waals surface area contributed by atoms with Crippen molar-refractivity contribution >= 4 is 0 Å². The van der Waals surface area contributed by atoms with Crippen molar-refractivity contribution in [3.8, 4) is 5.75 Å². The summed E-state index contributed by atoms with van der Waals surface area (Å²) in [7, 11) is 1.40. The standard InChI is InChI=1S/C22H30F2O/c1-13-3-4-15-10-16(6-5-14(15)9-13)17-7-8-18-12-20(25-2)22(24)21(23)19(18)11-17/h12-17H,3-11H2,1-2H3. The molecule has 0 heterocycles. The highest BCUT2D eigenvalue weighted by Gasteiger charge is 2.38. The van der Waals surface area contributed by atoms with E-state index in [-0.39, 0.29) is 5.75 Å². The second-order valence-electron chi connectivity index (χ2n) is 8.86. The first-order chi connectivity index (χ1) is 12.1. The van der Waals surface area contributed by atoms with Crippen LogP contribution < -0.4 is 4.74 Å². The van der Waals surface area contributed by atoms with Gasteiger partial charge in [-0.15, -0.1) is 0 Å². The molecule has 0 aromatic heterocycles. The molecule has 1 aromatic rings. The average Bonchev–Trinajstić information content (AvgIpc) is 2.64. The topological polar surface area (TPSA) is 9.23 Å². The molecule has 0 bridgehead atoms. The fraction of sp³-hybridized carbons (Fsp3) is 0.727. The van der Waals surface area contributed by atoms with Crippen molar-refractivity contribution in [1.82, 2.24) is 0 Å². The zero-order valence-corrected chi connectivity index (χ0v) is 15.5. The highest BCUT2D eigenvalue weighted by Crippen LogP contribution is 2.48. The third-order valence-corrected chi connectivity index (χ3v) is 7.42. The summed E-state index contributed by atoms with van der Waals surface area (Å²) < 4.78 is 33.6. The minimum Gasteiger partial charge on any atom is -0.494 e. The summed E-state index contributed by atoms with van der Waals surface area (Å²) >= 11 is 0. The van der Waals surface area contributed by atoms with Crippen LogP contribution in [0.25, 0.3) is 0 Å². The van der Waals surface area contributed by atoms with Crippen molar-refractivity contribution in [2.24, 2.45) is 29.6 Å². The van der Waals surface area contributed by atoms with Crippen molar-refractivity contribution in [2.75, 3.05) is 7.11 Å². The summed E-state index contributed by atoms with van der Waals surface area (Å²) in [5, 5.41) is 0. The van der Waals surface area contributed by atoms with Gasteiger partial charge in [-0.2, -0.15) is 4.39 Å². The Labute approximate surface area is 150 Å². The molecule has 138 valence electrons. The molecule has 5 unspecified atom stereocenters. The van der Waals surface area contributed by atoms with Gasteiger partial charge in [0.05, 0.1) is 7.11 Å². The van der Waals surface area contributed by atoms with Crippen molar-refractivity contribution in [3.05, 3.63) is 28.8 Å². The Bertz CT molecular complexity index is 641. The van der Waals surface area contributed by atoms with Crippen molar-refractivity contribution in [2.45, 2.75) is 64.7 Å². The molecule has 5 atom stereocenters. The number of halogens is 2. The van der Waals surface area contributed by atoms with E-state index in [1.165, 1.54) is 45.6 Å². The third kappa shape index (κ3) is 3.19. The Morgan fingerprint density at radius 2 is 1.56 bits per heavy atom. The highest BCUT2D eigenvalue weighted by atomic mass is 19.2. The number of aryl methyl sites for hydroxylation is 1. The predicted molar refractivity (Wildman–Crippen MR) is 95.8 cm³/mol. The van der Waals surface area contributed by atoms with Crippen LogP contribution >= 0.6 is 0 Å². The molecule has 1 aromatic carbocycles. The lowest BCUT2D eigenvalue weighted by atomic mass is 9.61. The van der Waals surface area contributed by atoms with Crippen LogP contribution in [0.3, 0.4) is 0 Å². The van der Waals surface area contributed by atoms with Crippen molar-refractivity contribution in [3.63, 3.8) is 0 Å². The van der Waals surface area contributed by atoms with Crippen LogP contribution in [-0.4, -0.2) is 7.11 Å². The molecule has 4 rings (SSSR count). The third-order valence-electron chi connectivity index (χ3n) is 7.42. The fourth-order valence-electron chi connectivity index (χ4n) is 5.98. The van der Waals surface area contributed by atoms with E-state index in [0.717, 1.165) is 36.2 Å². The van der Waals surface area contributed by atoms with Gasteiger partial charge in [0.2, 0.25) is 5.82 Å². The second-order valence-corrected chi connectivity index (χ2v) is 8.86. The van der Waals surface area contributed by atoms with Crippen molar-refractivity contribution < 1.29 is 13.5 Å². The highest BCUT2D eigenvalue weighted by molar-refractivity contribution is 5.40. The van der Waals surface area contributed by atoms with Crippen LogP contribution in [0.4, 0.5) is 8.78 Å². The Kier molecular flexibility index (Phi) is 4.77. The van der Waals surface area contributed by atoms with E-state index in [2.05, 4.69) is 6.92 Å². The first-order valence-electron chi connectivity index (χ1n) is 10.1. The van der Waals surface area contributed by atoms with E-state index >= 15 is 0 Å². The largest absolute Gasteiger partial charge is 0.494 e. The summed E-state index contributed by atoms with van der Waals surface area (Å²) in [6.45, 7) is 2.39. The number of rotatable bonds is 2. The molecule has 2 saturated carbocycles. The molecule has 3 aliphatic carbocycles. The van der Waals surface area contributed by atoms with Gasteiger partial charge >= 0.3 is 0 Å². The molecule has 3 aliphatic rings. The first kappa shape index (κ1) is 17.3. The summed E-state index contributed by atoms with van der Waals surface area (Å²) in [4.78, 5) is 0. The summed E-state index contributed by atoms with van der Waals surface area (Å²) in [6, 6.07) is 1.71. The van der Waals surface area contributed by atoms with E-state index in [4.69, 9.17) is 4.74 Å². The van der Waals surface area contributed by atoms with Crippen LogP contribution in [0.1, 0.15) is 63.0 Å². The fourth-order valence-corrected chi connectivity index (χ4v) is 5.98. The average molecular weight is 348 g/mol. The van der Waals surface area contributed by atoms with E-state index in [9.17, 15) is 8.78 Å². The van der Waals surface area contributed by atoms with E-state index in [1.807, 2.05) is 0 Å². The predicted octanol–water partition coefficient (Wildman–Crippen LogP) is 5.93. The van der Waals surface area contributed by atoms with Gasteiger partial charge in [0.1, 0.15) is 0 Å². The number of benzene rings is 1. The molecule has 25 heavy (non-hydrogen) atoms. The minimum atomic E-state index is -0.813. The number of fused-ring (bicyclic) bond motifs is 2. The molecule has 3 heteroatoms. The molecule has 0 aliphatic heterocycles. The summed E-state index contributed by atoms with van der Waals surface area (Å²) in [5.74, 6) is 2.50. The van der Waals surface area contributed by atoms with Gasteiger partial charge in [0, 0.05) is 0 Å². The lowest BCUT2D eigenvalue weighted by Gasteiger charge is -2.44. The van der Waals surface area contributed by atoms with Gasteiger partial charge < -0.3 is 4.74 Å². The Morgan fingerprint density at radius 3 is 2.32 bits per heavy atom. The van der Waals surface area contributed by atoms with Gasteiger partial charge in [0.25, 0.3) is 0 Å². The molecule has 0 saturated heterocycles. The second kappa shape index (κ2) is 6.89. The molecule has 1 nitrogen and oxygen atoms in total. The number of ether oxygens (including phenoxy) is 1. The summed E-state index contributed by atoms with van der Waals surface area (Å²) in [6.07, 6.45) is 10.8. The molecule has 0 N–H and O–H groups in total. The van der Waals surface area contributed by atoms with Crippen LogP contribution in [0.2, 0.25) is 0 Å². The zero-order chi connectivity index (χ0) is 17.6. The van der Waals surface area contributed by atoms with E-state index in [1.54, 1.807) is 6.07 Å². The van der Waals surface area contributed by atoms with Gasteiger partial charge in [0.15, 0.2) is 11.6 Å². The smallest absolute Gasteiger partial charge is 0.200 e. The Hall–Kier alpha value is -1.12. The van der Waals surface area contributed by atoms with Crippen LogP contribution in [0, 0.1) is 41.2 Å². The SMILES string of the molecule is COc1cc2c(c(F)c1F)CC(C1CCC3CC(C)CCC3C1)CC2. The maximum absolute atomic E-state index is 14.5. The molecule has 0 amide bonds. The van der Waals surface area contributed by atoms with Gasteiger partial charge in [-0.1, -0.05) is 13.3 Å². The molecular formula is C22H30F2O. The van der Waals surface area contributed by atoms with Gasteiger partial charge in [-0.05, 0) is 98.1 Å². The molecular weight excluding hydrogens is 318 g/mol. The number of hydrogen-bond donors (Lipinski definition) is 0. The monoisotopic (exact) mass is 348 g/mol. The number of methoxy groups -OCH3 is 1. The van der Waals surface area contributed by atoms with E-state index in [0.29, 0.717) is 23.8 Å². The van der Waals surface area contributed by atoms with Crippen LogP contribution in [-0.2, 0) is 12.8 Å². The maximum Gasteiger partial charge on any atom is 0.200 e. The Balaban J connectivity index is 1.49. The minimum absolute atomic E-state index is 0.0477. The normalized spacial score (nSPS) is 35.0. The maximum atomic E-state index is 14.5. The Morgan fingerprint density at radius 1 is 0.880 bits per heavy atom. The molecule has 0 spiro atoms.